The van der Waals surface area contributed by atoms with E-state index in [1.54, 1.807) is 6.07 Å². The zero-order valence-electron chi connectivity index (χ0n) is 13.8. The van der Waals surface area contributed by atoms with E-state index >= 15 is 0 Å². The number of phenols is 1. The second-order valence-electron chi connectivity index (χ2n) is 6.97. The van der Waals surface area contributed by atoms with E-state index in [1.165, 1.54) is 12.1 Å². The van der Waals surface area contributed by atoms with Gasteiger partial charge in [0.1, 0.15) is 12.0 Å². The molecule has 0 unspecified atom stereocenters. The van der Waals surface area contributed by atoms with E-state index < -0.39 is 0 Å². The highest BCUT2D eigenvalue weighted by Gasteiger charge is 2.19. The molecule has 0 heterocycles. The van der Waals surface area contributed by atoms with Crippen LogP contribution in [0, 0.1) is 5.41 Å². The first kappa shape index (κ1) is 22.4. The quantitative estimate of drug-likeness (QED) is 0.623. The molecule has 0 aliphatic rings. The van der Waals surface area contributed by atoms with Crippen LogP contribution in [-0.2, 0) is 10.2 Å². The van der Waals surface area contributed by atoms with Gasteiger partial charge >= 0.3 is 0 Å². The lowest BCUT2D eigenvalue weighted by Crippen LogP contribution is -2.13. The van der Waals surface area contributed by atoms with Crippen molar-refractivity contribution in [3.05, 3.63) is 41.5 Å². The van der Waals surface area contributed by atoms with Crippen molar-refractivity contribution in [3.8, 4) is 5.75 Å². The van der Waals surface area contributed by atoms with Gasteiger partial charge in [-0.05, 0) is 28.5 Å². The molecule has 0 saturated heterocycles. The lowest BCUT2D eigenvalue weighted by Gasteiger charge is -2.21. The minimum Gasteiger partial charge on any atom is -0.507 e. The molecule has 0 bridgehead atoms. The second kappa shape index (κ2) is 9.19. The van der Waals surface area contributed by atoms with E-state index in [1.807, 2.05) is 53.7 Å². The molecule has 1 aromatic rings. The van der Waals surface area contributed by atoms with Crippen molar-refractivity contribution in [2.75, 3.05) is 0 Å². The molecule has 0 fully saturated rings. The molecule has 0 radical (unpaired) electrons. The Hall–Kier alpha value is -1.90. The third-order valence-corrected chi connectivity index (χ3v) is 2.68. The van der Waals surface area contributed by atoms with Crippen molar-refractivity contribution in [2.45, 2.75) is 54.4 Å². The van der Waals surface area contributed by atoms with Crippen LogP contribution in [0.3, 0.4) is 0 Å². The summed E-state index contributed by atoms with van der Waals surface area (Å²) in [6.45, 7) is 12.2. The number of carbonyl (C=O) groups excluding carboxylic acids is 2. The first-order chi connectivity index (χ1) is 9.53. The van der Waals surface area contributed by atoms with Gasteiger partial charge in [0.25, 0.3) is 0 Å². The maximum atomic E-state index is 10.7. The molecule has 1 rings (SSSR count). The molecule has 22 heavy (non-hydrogen) atoms. The molecule has 124 valence electrons. The summed E-state index contributed by atoms with van der Waals surface area (Å²) >= 11 is 0. The van der Waals surface area contributed by atoms with Gasteiger partial charge in [0.05, 0.1) is 5.56 Å². The van der Waals surface area contributed by atoms with E-state index in [0.717, 1.165) is 11.8 Å². The normalized spacial score (nSPS) is 11.2. The highest BCUT2D eigenvalue weighted by atomic mass is 16.3. The van der Waals surface area contributed by atoms with Crippen molar-refractivity contribution in [2.24, 2.45) is 5.41 Å². The molecule has 0 amide bonds. The Balaban J connectivity index is 0. The van der Waals surface area contributed by atoms with Crippen molar-refractivity contribution >= 4 is 12.6 Å². The predicted molar refractivity (Wildman–Crippen MR) is 93.6 cm³/mol. The smallest absolute Gasteiger partial charge is 0.154 e. The van der Waals surface area contributed by atoms with Crippen LogP contribution in [0.25, 0.3) is 0 Å². The number of benzene rings is 1. The van der Waals surface area contributed by atoms with Gasteiger partial charge in [-0.1, -0.05) is 67.2 Å². The van der Waals surface area contributed by atoms with E-state index in [2.05, 4.69) is 0 Å². The van der Waals surface area contributed by atoms with Gasteiger partial charge in [0, 0.05) is 0 Å². The first-order valence-electron chi connectivity index (χ1n) is 6.93. The molecule has 0 aliphatic heterocycles. The van der Waals surface area contributed by atoms with Gasteiger partial charge in [-0.2, -0.15) is 0 Å². The monoisotopic (exact) mass is 306 g/mol. The van der Waals surface area contributed by atoms with Gasteiger partial charge in [-0.3, -0.25) is 9.59 Å². The van der Waals surface area contributed by atoms with Gasteiger partial charge in [0.2, 0.25) is 0 Å². The van der Waals surface area contributed by atoms with Crippen LogP contribution in [0.1, 0.15) is 64.9 Å². The van der Waals surface area contributed by atoms with Crippen LogP contribution < -0.4 is 0 Å². The molecule has 1 N–H and O–H groups in total. The molecule has 0 aliphatic carbocycles. The van der Waals surface area contributed by atoms with E-state index in [4.69, 9.17) is 0 Å². The molecule has 0 saturated carbocycles. The molecule has 3 nitrogen and oxygen atoms in total. The molecule has 0 spiro atoms. The van der Waals surface area contributed by atoms with Gasteiger partial charge in [0.15, 0.2) is 6.29 Å². The summed E-state index contributed by atoms with van der Waals surface area (Å²) in [6.07, 6.45) is 4.90. The first-order valence-corrected chi connectivity index (χ1v) is 6.93. The van der Waals surface area contributed by atoms with Crippen LogP contribution in [0.15, 0.2) is 30.4 Å². The summed E-state index contributed by atoms with van der Waals surface area (Å²) < 4.78 is 0. The van der Waals surface area contributed by atoms with E-state index in [0.29, 0.717) is 11.8 Å². The van der Waals surface area contributed by atoms with Gasteiger partial charge in [-0.15, -0.1) is 0 Å². The number of aromatic hydroxyl groups is 1. The second-order valence-corrected chi connectivity index (χ2v) is 6.97. The number of phenolic OH excluding ortho intramolecular Hbond substituents is 1. The van der Waals surface area contributed by atoms with Gasteiger partial charge in [-0.25, -0.2) is 0 Å². The van der Waals surface area contributed by atoms with Crippen LogP contribution in [0.4, 0.5) is 0 Å². The maximum absolute atomic E-state index is 10.7. The minimum absolute atomic E-state index is 0. The van der Waals surface area contributed by atoms with E-state index in [-0.39, 0.29) is 24.0 Å². The predicted octanol–water partition coefficient (Wildman–Crippen LogP) is 4.93. The molecule has 1 aromatic carbocycles. The molecular weight excluding hydrogens is 276 g/mol. The van der Waals surface area contributed by atoms with Gasteiger partial charge < -0.3 is 5.11 Å². The summed E-state index contributed by atoms with van der Waals surface area (Å²) in [4.78, 5) is 20.5. The van der Waals surface area contributed by atoms with E-state index in [9.17, 15) is 14.7 Å². The number of hydrogen-bond acceptors (Lipinski definition) is 3. The standard InChI is InChI=1S/C11H14O2.C7H12O.CH4/c1-11(2,3)9-5-4-6-10(13)8(9)7-12;1-7(2,3)5-4-6-8;/h4-7,13H,1-3H3;4-6H,1-3H3;1H4/b;5-4-;. The largest absolute Gasteiger partial charge is 0.507 e. The Kier molecular flexibility index (Phi) is 9.35. The fourth-order valence-electron chi connectivity index (χ4n) is 1.66. The molecule has 0 aromatic heterocycles. The molecule has 3 heteroatoms. The minimum atomic E-state index is -0.116. The Bertz CT molecular complexity index is 500. The van der Waals surface area contributed by atoms with Crippen molar-refractivity contribution in [3.63, 3.8) is 0 Å². The Morgan fingerprint density at radius 3 is 1.82 bits per heavy atom. The van der Waals surface area contributed by atoms with Crippen molar-refractivity contribution in [1.29, 1.82) is 0 Å². The van der Waals surface area contributed by atoms with Crippen molar-refractivity contribution < 1.29 is 14.7 Å². The fraction of sp³-hybridized carbons (Fsp3) is 0.474. The zero-order chi connectivity index (χ0) is 16.7. The lowest BCUT2D eigenvalue weighted by molar-refractivity contribution is -0.104. The number of aldehydes is 2. The maximum Gasteiger partial charge on any atom is 0.154 e. The third-order valence-electron chi connectivity index (χ3n) is 2.68. The Morgan fingerprint density at radius 1 is 1.00 bits per heavy atom. The zero-order valence-corrected chi connectivity index (χ0v) is 13.8. The number of allylic oxidation sites excluding steroid dienone is 2. The Labute approximate surface area is 135 Å². The summed E-state index contributed by atoms with van der Waals surface area (Å²) in [5.74, 6) is 0.0578. The lowest BCUT2D eigenvalue weighted by atomic mass is 9.84. The number of carbonyl (C=O) groups is 2. The van der Waals surface area contributed by atoms with Crippen LogP contribution >= 0.6 is 0 Å². The fourth-order valence-corrected chi connectivity index (χ4v) is 1.66. The molecule has 0 atom stereocenters. The van der Waals surface area contributed by atoms with Crippen LogP contribution in [0.2, 0.25) is 0 Å². The number of rotatable bonds is 2. The SMILES string of the molecule is C.CC(C)(C)/C=C\C=O.CC(C)(C)c1cccc(O)c1C=O. The molecular formula is C19H30O3. The summed E-state index contributed by atoms with van der Waals surface area (Å²) in [7, 11) is 0. The van der Waals surface area contributed by atoms with Crippen molar-refractivity contribution in [1.82, 2.24) is 0 Å². The number of hydrogen-bond donors (Lipinski definition) is 1. The summed E-state index contributed by atoms with van der Waals surface area (Å²) in [5, 5.41) is 9.42. The Morgan fingerprint density at radius 2 is 1.55 bits per heavy atom. The van der Waals surface area contributed by atoms with Crippen LogP contribution in [-0.4, -0.2) is 17.7 Å². The third kappa shape index (κ3) is 8.40. The van der Waals surface area contributed by atoms with Crippen LogP contribution in [0.5, 0.6) is 5.75 Å². The summed E-state index contributed by atoms with van der Waals surface area (Å²) in [6, 6.07) is 5.14. The topological polar surface area (TPSA) is 54.4 Å². The average Bonchev–Trinajstić information content (AvgIpc) is 2.35. The highest BCUT2D eigenvalue weighted by molar-refractivity contribution is 5.82. The summed E-state index contributed by atoms with van der Waals surface area (Å²) in [5.41, 5.74) is 1.30. The average molecular weight is 306 g/mol. The highest BCUT2D eigenvalue weighted by Crippen LogP contribution is 2.29.